The first-order valence-corrected chi connectivity index (χ1v) is 10.3. The summed E-state index contributed by atoms with van der Waals surface area (Å²) in [4.78, 5) is 25.4. The summed E-state index contributed by atoms with van der Waals surface area (Å²) in [5, 5.41) is 9.04. The summed E-state index contributed by atoms with van der Waals surface area (Å²) >= 11 is 7.49. The van der Waals surface area contributed by atoms with Gasteiger partial charge in [-0.05, 0) is 48.9 Å². The van der Waals surface area contributed by atoms with Crippen molar-refractivity contribution >= 4 is 52.4 Å². The van der Waals surface area contributed by atoms with Gasteiger partial charge in [0.1, 0.15) is 0 Å². The highest BCUT2D eigenvalue weighted by Crippen LogP contribution is 2.27. The first-order chi connectivity index (χ1) is 14.0. The number of hydrogen-bond acceptors (Lipinski definition) is 3. The van der Waals surface area contributed by atoms with E-state index in [9.17, 15) is 9.59 Å². The van der Waals surface area contributed by atoms with Crippen LogP contribution >= 0.6 is 23.4 Å². The van der Waals surface area contributed by atoms with Gasteiger partial charge in [-0.3, -0.25) is 4.79 Å². The molecule has 0 heterocycles. The molecule has 0 fully saturated rings. The predicted octanol–water partition coefficient (Wildman–Crippen LogP) is 6.02. The number of para-hydroxylation sites is 1. The molecule has 0 saturated carbocycles. The lowest BCUT2D eigenvalue weighted by Gasteiger charge is -2.12. The molecule has 5 nitrogen and oxygen atoms in total. The quantitative estimate of drug-likeness (QED) is 0.422. The average Bonchev–Trinajstić information content (AvgIpc) is 2.70. The van der Waals surface area contributed by atoms with Gasteiger partial charge in [0.15, 0.2) is 0 Å². The third-order valence-corrected chi connectivity index (χ3v) is 5.51. The van der Waals surface area contributed by atoms with E-state index in [4.69, 9.17) is 11.6 Å². The molecule has 3 aromatic carbocycles. The number of urea groups is 1. The molecule has 0 bridgehead atoms. The van der Waals surface area contributed by atoms with Crippen molar-refractivity contribution in [1.29, 1.82) is 0 Å². The summed E-state index contributed by atoms with van der Waals surface area (Å²) < 4.78 is 0. The number of carbonyl (C=O) groups is 2. The van der Waals surface area contributed by atoms with Crippen molar-refractivity contribution < 1.29 is 9.59 Å². The van der Waals surface area contributed by atoms with Crippen LogP contribution in [0.3, 0.4) is 0 Å². The van der Waals surface area contributed by atoms with E-state index >= 15 is 0 Å². The molecule has 0 aliphatic carbocycles. The normalized spacial score (nSPS) is 10.3. The summed E-state index contributed by atoms with van der Waals surface area (Å²) in [5.41, 5.74) is 2.82. The van der Waals surface area contributed by atoms with Gasteiger partial charge in [-0.25, -0.2) is 4.79 Å². The van der Waals surface area contributed by atoms with E-state index in [2.05, 4.69) is 16.0 Å². The number of aryl methyl sites for hydroxylation is 1. The Hall–Kier alpha value is -2.96. The molecule has 3 aromatic rings. The number of thioether (sulfide) groups is 1. The molecule has 0 aliphatic heterocycles. The Morgan fingerprint density at radius 3 is 2.31 bits per heavy atom. The van der Waals surface area contributed by atoms with E-state index in [1.165, 1.54) is 11.8 Å². The lowest BCUT2D eigenvalue weighted by molar-refractivity contribution is -0.113. The van der Waals surface area contributed by atoms with Gasteiger partial charge in [-0.1, -0.05) is 48.0 Å². The van der Waals surface area contributed by atoms with Gasteiger partial charge < -0.3 is 16.0 Å². The number of benzene rings is 3. The van der Waals surface area contributed by atoms with Crippen LogP contribution < -0.4 is 16.0 Å². The molecule has 0 atom stereocenters. The number of carbonyl (C=O) groups excluding carboxylic acids is 2. The van der Waals surface area contributed by atoms with Gasteiger partial charge in [0.2, 0.25) is 5.91 Å². The van der Waals surface area contributed by atoms with E-state index in [0.717, 1.165) is 10.5 Å². The van der Waals surface area contributed by atoms with Crippen LogP contribution in [0.1, 0.15) is 5.56 Å². The first kappa shape index (κ1) is 20.8. The van der Waals surface area contributed by atoms with Crippen LogP contribution in [0.5, 0.6) is 0 Å². The number of nitrogens with one attached hydrogen (secondary N) is 3. The zero-order valence-electron chi connectivity index (χ0n) is 15.7. The average molecular weight is 426 g/mol. The second-order valence-corrected chi connectivity index (χ2v) is 7.67. The third kappa shape index (κ3) is 6.27. The second-order valence-electron chi connectivity index (χ2n) is 6.24. The van der Waals surface area contributed by atoms with Crippen LogP contribution in [0.4, 0.5) is 21.9 Å². The van der Waals surface area contributed by atoms with Gasteiger partial charge >= 0.3 is 6.03 Å². The van der Waals surface area contributed by atoms with Crippen molar-refractivity contribution in [3.05, 3.63) is 83.4 Å². The van der Waals surface area contributed by atoms with Gasteiger partial charge in [0.25, 0.3) is 0 Å². The summed E-state index contributed by atoms with van der Waals surface area (Å²) in [6, 6.07) is 21.6. The summed E-state index contributed by atoms with van der Waals surface area (Å²) in [5.74, 6) is 0.0823. The molecule has 0 radical (unpaired) electrons. The zero-order chi connectivity index (χ0) is 20.6. The number of anilines is 3. The minimum Gasteiger partial charge on any atom is -0.325 e. The maximum absolute atomic E-state index is 12.3. The molecule has 29 heavy (non-hydrogen) atoms. The zero-order valence-corrected chi connectivity index (χ0v) is 17.3. The second kappa shape index (κ2) is 10.0. The molecule has 0 spiro atoms. The van der Waals surface area contributed by atoms with Crippen LogP contribution in [0.2, 0.25) is 5.02 Å². The standard InChI is InChI=1S/C22H20ClN3O2S/c1-15-11-12-17(25-22(28)24-16-7-3-2-4-8-16)13-19(15)26-21(27)14-29-20-10-6-5-9-18(20)23/h2-13H,14H2,1H3,(H,26,27)(H2,24,25,28). The lowest BCUT2D eigenvalue weighted by Crippen LogP contribution is -2.20. The Morgan fingerprint density at radius 1 is 0.862 bits per heavy atom. The smallest absolute Gasteiger partial charge is 0.323 e. The fourth-order valence-corrected chi connectivity index (χ4v) is 3.58. The van der Waals surface area contributed by atoms with Crippen molar-refractivity contribution in [2.24, 2.45) is 0 Å². The predicted molar refractivity (Wildman–Crippen MR) is 121 cm³/mol. The van der Waals surface area contributed by atoms with E-state index in [0.29, 0.717) is 22.1 Å². The van der Waals surface area contributed by atoms with E-state index in [-0.39, 0.29) is 17.7 Å². The largest absolute Gasteiger partial charge is 0.325 e. The molecule has 3 rings (SSSR count). The molecule has 0 saturated heterocycles. The minimum absolute atomic E-state index is 0.149. The minimum atomic E-state index is -0.355. The van der Waals surface area contributed by atoms with Crippen molar-refractivity contribution in [3.63, 3.8) is 0 Å². The maximum atomic E-state index is 12.3. The monoisotopic (exact) mass is 425 g/mol. The Balaban J connectivity index is 1.59. The van der Waals surface area contributed by atoms with Gasteiger partial charge in [-0.15, -0.1) is 11.8 Å². The van der Waals surface area contributed by atoms with Crippen molar-refractivity contribution in [2.45, 2.75) is 11.8 Å². The van der Waals surface area contributed by atoms with Crippen molar-refractivity contribution in [2.75, 3.05) is 21.7 Å². The molecular formula is C22H20ClN3O2S. The van der Waals surface area contributed by atoms with E-state index in [1.807, 2.05) is 49.4 Å². The summed E-state index contributed by atoms with van der Waals surface area (Å²) in [6.07, 6.45) is 0. The Morgan fingerprint density at radius 2 is 1.55 bits per heavy atom. The van der Waals surface area contributed by atoms with Gasteiger partial charge in [0, 0.05) is 22.0 Å². The molecular weight excluding hydrogens is 406 g/mol. The van der Waals surface area contributed by atoms with Gasteiger partial charge in [0.05, 0.1) is 10.8 Å². The fourth-order valence-electron chi connectivity index (χ4n) is 2.54. The SMILES string of the molecule is Cc1ccc(NC(=O)Nc2ccccc2)cc1NC(=O)CSc1ccccc1Cl. The molecule has 148 valence electrons. The molecule has 7 heteroatoms. The maximum Gasteiger partial charge on any atom is 0.323 e. The van der Waals surface area contributed by atoms with Crippen LogP contribution in [-0.4, -0.2) is 17.7 Å². The first-order valence-electron chi connectivity index (χ1n) is 8.92. The third-order valence-electron chi connectivity index (χ3n) is 4.00. The van der Waals surface area contributed by atoms with Gasteiger partial charge in [-0.2, -0.15) is 0 Å². The number of halogens is 1. The molecule has 3 amide bonds. The fraction of sp³-hybridized carbons (Fsp3) is 0.0909. The molecule has 0 aliphatic rings. The van der Waals surface area contributed by atoms with E-state index in [1.54, 1.807) is 30.3 Å². The number of rotatable bonds is 6. The molecule has 0 unspecified atom stereocenters. The van der Waals surface area contributed by atoms with Crippen LogP contribution in [0, 0.1) is 6.92 Å². The molecule has 3 N–H and O–H groups in total. The highest BCUT2D eigenvalue weighted by atomic mass is 35.5. The summed E-state index contributed by atoms with van der Waals surface area (Å²) in [7, 11) is 0. The van der Waals surface area contributed by atoms with Crippen LogP contribution in [-0.2, 0) is 4.79 Å². The highest BCUT2D eigenvalue weighted by molar-refractivity contribution is 8.00. The topological polar surface area (TPSA) is 70.2 Å². The van der Waals surface area contributed by atoms with Crippen molar-refractivity contribution in [1.82, 2.24) is 0 Å². The number of hydrogen-bond donors (Lipinski definition) is 3. The number of amides is 3. The Labute approximate surface area is 178 Å². The molecule has 0 aromatic heterocycles. The lowest BCUT2D eigenvalue weighted by atomic mass is 10.2. The van der Waals surface area contributed by atoms with Crippen LogP contribution in [0.15, 0.2) is 77.7 Å². The Kier molecular flexibility index (Phi) is 7.16. The summed E-state index contributed by atoms with van der Waals surface area (Å²) in [6.45, 7) is 1.89. The highest BCUT2D eigenvalue weighted by Gasteiger charge is 2.09. The van der Waals surface area contributed by atoms with Crippen LogP contribution in [0.25, 0.3) is 0 Å². The Bertz CT molecular complexity index is 1010. The van der Waals surface area contributed by atoms with E-state index < -0.39 is 0 Å². The van der Waals surface area contributed by atoms with Crippen molar-refractivity contribution in [3.8, 4) is 0 Å².